The number of H-pyrrole nitrogens is 1. The zero-order valence-electron chi connectivity index (χ0n) is 13.3. The quantitative estimate of drug-likeness (QED) is 0.911. The molecule has 1 amide bonds. The Balaban J connectivity index is 1.61. The van der Waals surface area contributed by atoms with Crippen molar-refractivity contribution in [2.24, 2.45) is 5.92 Å². The minimum atomic E-state index is -0.102. The van der Waals surface area contributed by atoms with E-state index >= 15 is 0 Å². The normalized spacial score (nSPS) is 20.9. The molecule has 2 N–H and O–H groups in total. The van der Waals surface area contributed by atoms with Crippen molar-refractivity contribution in [3.05, 3.63) is 30.0 Å². The molecule has 1 saturated heterocycles. The van der Waals surface area contributed by atoms with Gasteiger partial charge in [0.15, 0.2) is 5.69 Å². The van der Waals surface area contributed by atoms with Gasteiger partial charge in [-0.1, -0.05) is 25.1 Å². The third kappa shape index (κ3) is 3.30. The van der Waals surface area contributed by atoms with Gasteiger partial charge in [0.05, 0.1) is 5.52 Å². The second-order valence-electron chi connectivity index (χ2n) is 6.50. The second-order valence-corrected chi connectivity index (χ2v) is 6.50. The van der Waals surface area contributed by atoms with E-state index < -0.39 is 0 Å². The van der Waals surface area contributed by atoms with Gasteiger partial charge < -0.3 is 10.2 Å². The summed E-state index contributed by atoms with van der Waals surface area (Å²) >= 11 is 0. The van der Waals surface area contributed by atoms with Crippen molar-refractivity contribution >= 4 is 16.8 Å². The van der Waals surface area contributed by atoms with Crippen LogP contribution in [0.2, 0.25) is 0 Å². The highest BCUT2D eigenvalue weighted by atomic mass is 16.2. The largest absolute Gasteiger partial charge is 0.347 e. The van der Waals surface area contributed by atoms with Crippen molar-refractivity contribution in [2.45, 2.75) is 32.7 Å². The average molecular weight is 300 g/mol. The van der Waals surface area contributed by atoms with Crippen LogP contribution in [0.15, 0.2) is 24.3 Å². The minimum Gasteiger partial charge on any atom is -0.347 e. The highest BCUT2D eigenvalue weighted by Gasteiger charge is 2.20. The summed E-state index contributed by atoms with van der Waals surface area (Å²) < 4.78 is 0. The lowest BCUT2D eigenvalue weighted by atomic mass is 10.00. The van der Waals surface area contributed by atoms with E-state index in [9.17, 15) is 4.79 Å². The van der Waals surface area contributed by atoms with Gasteiger partial charge in [-0.15, -0.1) is 0 Å². The van der Waals surface area contributed by atoms with E-state index in [4.69, 9.17) is 0 Å². The predicted octanol–water partition coefficient (Wildman–Crippen LogP) is 2.41. The Bertz CT molecular complexity index is 651. The van der Waals surface area contributed by atoms with Crippen LogP contribution in [-0.4, -0.2) is 46.7 Å². The summed E-state index contributed by atoms with van der Waals surface area (Å²) in [5.74, 6) is 0.655. The number of rotatable bonds is 4. The summed E-state index contributed by atoms with van der Waals surface area (Å²) in [5.41, 5.74) is 1.37. The Hall–Kier alpha value is -1.88. The van der Waals surface area contributed by atoms with E-state index in [1.807, 2.05) is 24.3 Å². The molecule has 22 heavy (non-hydrogen) atoms. The van der Waals surface area contributed by atoms with E-state index in [1.54, 1.807) is 0 Å². The number of amides is 1. The number of likely N-dealkylation sites (tertiary alicyclic amines) is 1. The summed E-state index contributed by atoms with van der Waals surface area (Å²) in [6.07, 6.45) is 2.57. The zero-order chi connectivity index (χ0) is 15.5. The molecular weight excluding hydrogens is 276 g/mol. The minimum absolute atomic E-state index is 0.102. The molecule has 1 fully saturated rings. The van der Waals surface area contributed by atoms with Crippen LogP contribution < -0.4 is 5.32 Å². The van der Waals surface area contributed by atoms with Gasteiger partial charge in [0.1, 0.15) is 0 Å². The molecule has 2 aromatic rings. The van der Waals surface area contributed by atoms with Crippen LogP contribution in [-0.2, 0) is 0 Å². The number of aromatic nitrogens is 2. The molecule has 5 heteroatoms. The third-order valence-corrected chi connectivity index (χ3v) is 4.34. The van der Waals surface area contributed by atoms with Crippen molar-refractivity contribution in [1.82, 2.24) is 20.4 Å². The molecule has 2 atom stereocenters. The van der Waals surface area contributed by atoms with Crippen molar-refractivity contribution in [3.63, 3.8) is 0 Å². The molecule has 5 nitrogen and oxygen atoms in total. The smallest absolute Gasteiger partial charge is 0.272 e. The van der Waals surface area contributed by atoms with Gasteiger partial charge in [0.25, 0.3) is 5.91 Å². The monoisotopic (exact) mass is 300 g/mol. The lowest BCUT2D eigenvalue weighted by Crippen LogP contribution is -2.45. The topological polar surface area (TPSA) is 61.0 Å². The van der Waals surface area contributed by atoms with Crippen LogP contribution in [0, 0.1) is 5.92 Å². The fourth-order valence-electron chi connectivity index (χ4n) is 3.31. The van der Waals surface area contributed by atoms with Crippen LogP contribution in [0.1, 0.15) is 37.2 Å². The Morgan fingerprint density at radius 3 is 3.14 bits per heavy atom. The van der Waals surface area contributed by atoms with Crippen molar-refractivity contribution in [1.29, 1.82) is 0 Å². The molecule has 0 aliphatic carbocycles. The number of carbonyl (C=O) groups is 1. The number of aromatic amines is 1. The number of nitrogens with one attached hydrogen (secondary N) is 2. The molecule has 2 heterocycles. The lowest BCUT2D eigenvalue weighted by molar-refractivity contribution is 0.0916. The first-order valence-electron chi connectivity index (χ1n) is 8.10. The predicted molar refractivity (Wildman–Crippen MR) is 87.9 cm³/mol. The van der Waals surface area contributed by atoms with E-state index in [1.165, 1.54) is 12.8 Å². The Morgan fingerprint density at radius 2 is 2.32 bits per heavy atom. The third-order valence-electron chi connectivity index (χ3n) is 4.34. The summed E-state index contributed by atoms with van der Waals surface area (Å²) in [7, 11) is 0. The van der Waals surface area contributed by atoms with Gasteiger partial charge in [-0.25, -0.2) is 0 Å². The van der Waals surface area contributed by atoms with Crippen LogP contribution in [0.25, 0.3) is 10.9 Å². The highest BCUT2D eigenvalue weighted by Crippen LogP contribution is 2.17. The van der Waals surface area contributed by atoms with Gasteiger partial charge in [0.2, 0.25) is 0 Å². The van der Waals surface area contributed by atoms with Gasteiger partial charge >= 0.3 is 0 Å². The number of para-hydroxylation sites is 1. The summed E-state index contributed by atoms with van der Waals surface area (Å²) in [6.45, 7) is 7.52. The van der Waals surface area contributed by atoms with E-state index in [0.717, 1.165) is 36.5 Å². The second kappa shape index (κ2) is 6.48. The van der Waals surface area contributed by atoms with E-state index in [0.29, 0.717) is 5.69 Å². The van der Waals surface area contributed by atoms with Crippen molar-refractivity contribution in [3.8, 4) is 0 Å². The van der Waals surface area contributed by atoms with Gasteiger partial charge in [0, 0.05) is 24.5 Å². The number of benzene rings is 1. The van der Waals surface area contributed by atoms with E-state index in [2.05, 4.69) is 34.3 Å². The lowest BCUT2D eigenvalue weighted by Gasteiger charge is -2.32. The maximum atomic E-state index is 12.4. The Labute approximate surface area is 131 Å². The number of piperidine rings is 1. The molecule has 3 rings (SSSR count). The first-order chi connectivity index (χ1) is 10.6. The summed E-state index contributed by atoms with van der Waals surface area (Å²) in [4.78, 5) is 14.9. The molecule has 0 saturated carbocycles. The summed E-state index contributed by atoms with van der Waals surface area (Å²) in [5, 5.41) is 11.0. The van der Waals surface area contributed by atoms with Gasteiger partial charge in [-0.3, -0.25) is 9.89 Å². The Morgan fingerprint density at radius 1 is 1.50 bits per heavy atom. The maximum Gasteiger partial charge on any atom is 0.272 e. The van der Waals surface area contributed by atoms with Gasteiger partial charge in [-0.2, -0.15) is 5.10 Å². The fraction of sp³-hybridized carbons (Fsp3) is 0.529. The highest BCUT2D eigenvalue weighted by molar-refractivity contribution is 6.04. The molecule has 1 aromatic carbocycles. The molecule has 0 radical (unpaired) electrons. The molecule has 1 aliphatic rings. The maximum absolute atomic E-state index is 12.4. The first kappa shape index (κ1) is 15.0. The number of fused-ring (bicyclic) bond motifs is 1. The van der Waals surface area contributed by atoms with Crippen LogP contribution >= 0.6 is 0 Å². The van der Waals surface area contributed by atoms with Crippen molar-refractivity contribution in [2.75, 3.05) is 19.6 Å². The molecule has 1 aromatic heterocycles. The van der Waals surface area contributed by atoms with E-state index in [-0.39, 0.29) is 11.9 Å². The molecule has 0 unspecified atom stereocenters. The number of carbonyl (C=O) groups excluding carboxylic acids is 1. The zero-order valence-corrected chi connectivity index (χ0v) is 13.3. The van der Waals surface area contributed by atoms with Crippen molar-refractivity contribution < 1.29 is 4.79 Å². The average Bonchev–Trinajstić information content (AvgIpc) is 2.91. The number of nitrogens with zero attached hydrogens (tertiary/aromatic N) is 2. The van der Waals surface area contributed by atoms with Gasteiger partial charge in [-0.05, 0) is 38.3 Å². The van der Waals surface area contributed by atoms with Crippen LogP contribution in [0.5, 0.6) is 0 Å². The first-order valence-corrected chi connectivity index (χ1v) is 8.10. The molecule has 1 aliphatic heterocycles. The fourth-order valence-corrected chi connectivity index (χ4v) is 3.31. The molecule has 0 spiro atoms. The Kier molecular flexibility index (Phi) is 4.43. The standard InChI is InChI=1S/C17H24N4O/c1-12-6-5-9-21(10-12)11-13(2)18-17(22)16-14-7-3-4-8-15(14)19-20-16/h3-4,7-8,12-13H,5-6,9-11H2,1-2H3,(H,18,22)(H,19,20)/t12-,13+/m1/s1. The molecule has 118 valence electrons. The molecular formula is C17H24N4O. The SMILES string of the molecule is C[C@@H]1CCCN(C[C@H](C)NC(=O)c2n[nH]c3ccccc23)C1. The number of hydrogen-bond acceptors (Lipinski definition) is 3. The number of hydrogen-bond donors (Lipinski definition) is 2. The van der Waals surface area contributed by atoms with Crippen LogP contribution in [0.3, 0.4) is 0 Å². The summed E-state index contributed by atoms with van der Waals surface area (Å²) in [6, 6.07) is 7.83. The van der Waals surface area contributed by atoms with Crippen LogP contribution in [0.4, 0.5) is 0 Å². The molecule has 0 bridgehead atoms.